The zero-order chi connectivity index (χ0) is 19.0. The van der Waals surface area contributed by atoms with E-state index in [4.69, 9.17) is 0 Å². The summed E-state index contributed by atoms with van der Waals surface area (Å²) in [5.41, 5.74) is 3.49. The normalized spacial score (nSPS) is 11.6. The van der Waals surface area contributed by atoms with Gasteiger partial charge in [0.25, 0.3) is 10.0 Å². The van der Waals surface area contributed by atoms with Crippen molar-refractivity contribution in [3.05, 3.63) is 72.1 Å². The van der Waals surface area contributed by atoms with E-state index in [0.717, 1.165) is 11.1 Å². The minimum Gasteiger partial charge on any atom is -0.279 e. The molecule has 7 nitrogen and oxygen atoms in total. The van der Waals surface area contributed by atoms with Gasteiger partial charge in [0, 0.05) is 5.56 Å². The Labute approximate surface area is 156 Å². The smallest absolute Gasteiger partial charge is 0.261 e. The van der Waals surface area contributed by atoms with Crippen LogP contribution in [0, 0.1) is 13.8 Å². The van der Waals surface area contributed by atoms with E-state index in [9.17, 15) is 8.42 Å². The maximum atomic E-state index is 12.6. The predicted octanol–water partition coefficient (Wildman–Crippen LogP) is 3.21. The van der Waals surface area contributed by atoms with E-state index < -0.39 is 10.0 Å². The minimum absolute atomic E-state index is 0.217. The summed E-state index contributed by atoms with van der Waals surface area (Å²) in [7, 11) is -3.66. The Morgan fingerprint density at radius 3 is 2.48 bits per heavy atom. The lowest BCUT2D eigenvalue weighted by molar-refractivity contribution is 0.601. The number of aryl methyl sites for hydroxylation is 2. The predicted molar refractivity (Wildman–Crippen MR) is 103 cm³/mol. The molecule has 0 amide bonds. The number of sulfonamides is 1. The highest BCUT2D eigenvalue weighted by Gasteiger charge is 2.15. The maximum Gasteiger partial charge on any atom is 0.261 e. The van der Waals surface area contributed by atoms with Gasteiger partial charge in [0.05, 0.1) is 16.3 Å². The first-order chi connectivity index (χ1) is 12.9. The average molecular weight is 379 g/mol. The highest BCUT2D eigenvalue weighted by molar-refractivity contribution is 7.92. The fraction of sp³-hybridized carbons (Fsp3) is 0.105. The van der Waals surface area contributed by atoms with Crippen molar-refractivity contribution >= 4 is 21.4 Å². The standard InChI is InChI=1S/C19H17N5O2S/c1-13-8-9-15(17-10-11-19-21-20-14(2)24(19)22-17)12-18(13)23-27(25,26)16-6-4-3-5-7-16/h3-12,23H,1-2H3. The Balaban J connectivity index is 1.74. The summed E-state index contributed by atoms with van der Waals surface area (Å²) in [6.07, 6.45) is 0. The molecule has 0 saturated carbocycles. The fourth-order valence-electron chi connectivity index (χ4n) is 2.74. The quantitative estimate of drug-likeness (QED) is 0.588. The zero-order valence-electron chi connectivity index (χ0n) is 14.8. The van der Waals surface area contributed by atoms with Crippen LogP contribution >= 0.6 is 0 Å². The topological polar surface area (TPSA) is 89.2 Å². The van der Waals surface area contributed by atoms with E-state index >= 15 is 0 Å². The summed E-state index contributed by atoms with van der Waals surface area (Å²) in [6, 6.07) is 17.5. The van der Waals surface area contributed by atoms with Crippen molar-refractivity contribution in [1.29, 1.82) is 0 Å². The molecule has 8 heteroatoms. The largest absolute Gasteiger partial charge is 0.279 e. The van der Waals surface area contributed by atoms with Gasteiger partial charge in [0.1, 0.15) is 0 Å². The molecule has 0 bridgehead atoms. The van der Waals surface area contributed by atoms with E-state index in [-0.39, 0.29) is 4.90 Å². The molecule has 0 radical (unpaired) electrons. The Morgan fingerprint density at radius 1 is 0.926 bits per heavy atom. The number of rotatable bonds is 4. The lowest BCUT2D eigenvalue weighted by Gasteiger charge is -2.12. The highest BCUT2D eigenvalue weighted by atomic mass is 32.2. The summed E-state index contributed by atoms with van der Waals surface area (Å²) < 4.78 is 29.6. The van der Waals surface area contributed by atoms with E-state index in [1.165, 1.54) is 0 Å². The number of fused-ring (bicyclic) bond motifs is 1. The van der Waals surface area contributed by atoms with Crippen LogP contribution in [0.2, 0.25) is 0 Å². The molecule has 2 aromatic heterocycles. The molecular formula is C19H17N5O2S. The van der Waals surface area contributed by atoms with Gasteiger partial charge in [0.15, 0.2) is 11.5 Å². The monoisotopic (exact) mass is 379 g/mol. The van der Waals surface area contributed by atoms with Crippen LogP contribution in [0.5, 0.6) is 0 Å². The van der Waals surface area contributed by atoms with Gasteiger partial charge in [0.2, 0.25) is 0 Å². The number of hydrogen-bond donors (Lipinski definition) is 1. The van der Waals surface area contributed by atoms with E-state index in [0.29, 0.717) is 22.9 Å². The molecular weight excluding hydrogens is 362 g/mol. The van der Waals surface area contributed by atoms with Crippen LogP contribution < -0.4 is 4.72 Å². The third-order valence-electron chi connectivity index (χ3n) is 4.25. The molecule has 4 rings (SSSR count). The second-order valence-electron chi connectivity index (χ2n) is 6.18. The summed E-state index contributed by atoms with van der Waals surface area (Å²) in [5, 5.41) is 12.6. The summed E-state index contributed by atoms with van der Waals surface area (Å²) in [5.74, 6) is 0.684. The van der Waals surface area contributed by atoms with Crippen molar-refractivity contribution in [2.45, 2.75) is 18.7 Å². The van der Waals surface area contributed by atoms with Crippen LogP contribution in [0.15, 0.2) is 65.6 Å². The molecule has 4 aromatic rings. The molecule has 2 heterocycles. The summed E-state index contributed by atoms with van der Waals surface area (Å²) in [6.45, 7) is 3.68. The molecule has 0 aliphatic heterocycles. The number of hydrogen-bond acceptors (Lipinski definition) is 5. The molecule has 0 aliphatic carbocycles. The zero-order valence-corrected chi connectivity index (χ0v) is 15.6. The van der Waals surface area contributed by atoms with E-state index in [2.05, 4.69) is 20.0 Å². The van der Waals surface area contributed by atoms with Gasteiger partial charge < -0.3 is 0 Å². The van der Waals surface area contributed by atoms with Crippen molar-refractivity contribution in [3.8, 4) is 11.3 Å². The van der Waals surface area contributed by atoms with Crippen LogP contribution in [0.25, 0.3) is 16.9 Å². The lowest BCUT2D eigenvalue weighted by atomic mass is 10.1. The van der Waals surface area contributed by atoms with Crippen LogP contribution in [-0.2, 0) is 10.0 Å². The first-order valence-electron chi connectivity index (χ1n) is 8.32. The number of aromatic nitrogens is 4. The lowest BCUT2D eigenvalue weighted by Crippen LogP contribution is -2.13. The van der Waals surface area contributed by atoms with Crippen molar-refractivity contribution in [1.82, 2.24) is 19.8 Å². The minimum atomic E-state index is -3.66. The number of nitrogens with one attached hydrogen (secondary N) is 1. The molecule has 27 heavy (non-hydrogen) atoms. The van der Waals surface area contributed by atoms with Gasteiger partial charge in [-0.15, -0.1) is 10.2 Å². The SMILES string of the molecule is Cc1ccc(-c2ccc3nnc(C)n3n2)cc1NS(=O)(=O)c1ccccc1. The Bertz CT molecular complexity index is 1230. The number of anilines is 1. The van der Waals surface area contributed by atoms with Gasteiger partial charge in [-0.05, 0) is 49.7 Å². The van der Waals surface area contributed by atoms with Gasteiger partial charge in [-0.1, -0.05) is 30.3 Å². The Morgan fingerprint density at radius 2 is 1.70 bits per heavy atom. The van der Waals surface area contributed by atoms with Crippen molar-refractivity contribution in [2.75, 3.05) is 4.72 Å². The molecule has 0 saturated heterocycles. The van der Waals surface area contributed by atoms with Gasteiger partial charge in [-0.3, -0.25) is 4.72 Å². The third kappa shape index (κ3) is 3.26. The fourth-order valence-corrected chi connectivity index (χ4v) is 3.89. The molecule has 2 aromatic carbocycles. The molecule has 0 fully saturated rings. The second kappa shape index (κ2) is 6.48. The Kier molecular flexibility index (Phi) is 4.12. The van der Waals surface area contributed by atoms with Crippen LogP contribution in [-0.4, -0.2) is 28.2 Å². The molecule has 0 spiro atoms. The Hall–Kier alpha value is -3.26. The van der Waals surface area contributed by atoms with E-state index in [1.54, 1.807) is 40.9 Å². The van der Waals surface area contributed by atoms with Crippen LogP contribution in [0.4, 0.5) is 5.69 Å². The van der Waals surface area contributed by atoms with Crippen molar-refractivity contribution in [3.63, 3.8) is 0 Å². The first-order valence-corrected chi connectivity index (χ1v) is 9.80. The molecule has 0 aliphatic rings. The second-order valence-corrected chi connectivity index (χ2v) is 7.87. The molecule has 136 valence electrons. The highest BCUT2D eigenvalue weighted by Crippen LogP contribution is 2.26. The van der Waals surface area contributed by atoms with Gasteiger partial charge in [-0.2, -0.15) is 9.61 Å². The molecule has 1 N–H and O–H groups in total. The molecule has 0 unspecified atom stereocenters. The van der Waals surface area contributed by atoms with E-state index in [1.807, 2.05) is 38.1 Å². The first kappa shape index (κ1) is 17.2. The average Bonchev–Trinajstić information content (AvgIpc) is 3.04. The maximum absolute atomic E-state index is 12.6. The molecule has 0 atom stereocenters. The number of nitrogens with zero attached hydrogens (tertiary/aromatic N) is 4. The van der Waals surface area contributed by atoms with Crippen LogP contribution in [0.3, 0.4) is 0 Å². The summed E-state index contributed by atoms with van der Waals surface area (Å²) >= 11 is 0. The van der Waals surface area contributed by atoms with Gasteiger partial charge in [-0.25, -0.2) is 8.42 Å². The van der Waals surface area contributed by atoms with Crippen molar-refractivity contribution < 1.29 is 8.42 Å². The number of benzene rings is 2. The third-order valence-corrected chi connectivity index (χ3v) is 5.63. The summed E-state index contributed by atoms with van der Waals surface area (Å²) in [4.78, 5) is 0.217. The van der Waals surface area contributed by atoms with Crippen LogP contribution in [0.1, 0.15) is 11.4 Å². The van der Waals surface area contributed by atoms with Gasteiger partial charge >= 0.3 is 0 Å². The van der Waals surface area contributed by atoms with Crippen molar-refractivity contribution in [2.24, 2.45) is 0 Å².